The summed E-state index contributed by atoms with van der Waals surface area (Å²) in [5.74, 6) is -1.37. The van der Waals surface area contributed by atoms with Crippen molar-refractivity contribution in [2.75, 3.05) is 33.2 Å². The molecule has 0 saturated carbocycles. The summed E-state index contributed by atoms with van der Waals surface area (Å²) in [6, 6.07) is 5.24. The third-order valence-electron chi connectivity index (χ3n) is 6.67. The molecule has 0 aliphatic carbocycles. The van der Waals surface area contributed by atoms with E-state index in [-0.39, 0.29) is 58.7 Å². The van der Waals surface area contributed by atoms with E-state index in [0.717, 1.165) is 24.7 Å². The minimum absolute atomic E-state index is 0.000169. The summed E-state index contributed by atoms with van der Waals surface area (Å²) < 4.78 is 85.3. The van der Waals surface area contributed by atoms with Crippen LogP contribution in [0.15, 0.2) is 41.3 Å². The Hall–Kier alpha value is -3.50. The molecule has 0 spiro atoms. The molecule has 3 heterocycles. The van der Waals surface area contributed by atoms with E-state index < -0.39 is 46.8 Å². The maximum absolute atomic E-state index is 13.3. The highest BCUT2D eigenvalue weighted by Gasteiger charge is 2.37. The van der Waals surface area contributed by atoms with Crippen LogP contribution in [-0.4, -0.2) is 76.2 Å². The van der Waals surface area contributed by atoms with Crippen LogP contribution in [-0.2, 0) is 31.5 Å². The first-order chi connectivity index (χ1) is 20.6. The van der Waals surface area contributed by atoms with Gasteiger partial charge in [-0.3, -0.25) is 19.3 Å². The number of likely N-dealkylation sites (N-methyl/N-ethyl adjacent to an activating group) is 1. The van der Waals surface area contributed by atoms with E-state index in [4.69, 9.17) is 17.0 Å². The van der Waals surface area contributed by atoms with Crippen LogP contribution < -0.4 is 5.32 Å². The van der Waals surface area contributed by atoms with Crippen LogP contribution in [0.1, 0.15) is 36.1 Å². The molecule has 16 heteroatoms. The van der Waals surface area contributed by atoms with Gasteiger partial charge < -0.3 is 15.0 Å². The lowest BCUT2D eigenvalue weighted by Crippen LogP contribution is -2.34. The second-order valence-corrected chi connectivity index (χ2v) is 11.8. The van der Waals surface area contributed by atoms with Crippen molar-refractivity contribution in [3.63, 3.8) is 0 Å². The summed E-state index contributed by atoms with van der Waals surface area (Å²) in [4.78, 5) is 44.7. The Labute approximate surface area is 257 Å². The van der Waals surface area contributed by atoms with Gasteiger partial charge in [0.25, 0.3) is 5.91 Å². The molecule has 1 aromatic carbocycles. The fourth-order valence-electron chi connectivity index (χ4n) is 4.46. The monoisotopic (exact) mass is 660 g/mol. The predicted molar refractivity (Wildman–Crippen MR) is 154 cm³/mol. The molecule has 0 bridgehead atoms. The molecule has 2 aliphatic heterocycles. The number of carbonyl (C=O) groups excluding carboxylic acids is 3. The highest BCUT2D eigenvalue weighted by molar-refractivity contribution is 8.26. The van der Waals surface area contributed by atoms with Crippen LogP contribution in [0.5, 0.6) is 0 Å². The van der Waals surface area contributed by atoms with Crippen LogP contribution in [0.3, 0.4) is 0 Å². The average molecular weight is 661 g/mol. The minimum atomic E-state index is -5.02. The molecule has 44 heavy (non-hydrogen) atoms. The molecule has 1 atom stereocenters. The van der Waals surface area contributed by atoms with Gasteiger partial charge in [-0.05, 0) is 49.9 Å². The maximum atomic E-state index is 13.3. The van der Waals surface area contributed by atoms with E-state index in [1.54, 1.807) is 0 Å². The van der Waals surface area contributed by atoms with Gasteiger partial charge in [0.1, 0.15) is 10.4 Å². The number of esters is 1. The topological polar surface area (TPSA) is 91.8 Å². The fraction of sp³-hybridized carbons (Fsp3) is 0.393. The van der Waals surface area contributed by atoms with E-state index in [1.807, 2.05) is 11.9 Å². The second-order valence-electron chi connectivity index (χ2n) is 10.1. The number of nitrogens with one attached hydrogen (secondary N) is 1. The van der Waals surface area contributed by atoms with Crippen molar-refractivity contribution in [2.45, 2.75) is 37.7 Å². The van der Waals surface area contributed by atoms with Crippen molar-refractivity contribution in [1.29, 1.82) is 0 Å². The lowest BCUT2D eigenvalue weighted by molar-refractivity contribution is -0.148. The molecule has 1 unspecified atom stereocenters. The summed E-state index contributed by atoms with van der Waals surface area (Å²) in [5.41, 5.74) is -3.42. The molecular weight excluding hydrogens is 634 g/mol. The number of halogens is 6. The van der Waals surface area contributed by atoms with Crippen LogP contribution >= 0.6 is 24.0 Å². The van der Waals surface area contributed by atoms with Gasteiger partial charge in [-0.25, -0.2) is 4.98 Å². The van der Waals surface area contributed by atoms with E-state index >= 15 is 0 Å². The van der Waals surface area contributed by atoms with Crippen LogP contribution in [0.2, 0.25) is 0 Å². The number of aromatic nitrogens is 1. The zero-order valence-corrected chi connectivity index (χ0v) is 24.8. The zero-order chi connectivity index (χ0) is 32.2. The van der Waals surface area contributed by atoms with Gasteiger partial charge >= 0.3 is 18.3 Å². The Bertz CT molecular complexity index is 1450. The predicted octanol–water partition coefficient (Wildman–Crippen LogP) is 5.13. The number of likely N-dealkylation sites (tertiary alicyclic amines) is 1. The van der Waals surface area contributed by atoms with Crippen molar-refractivity contribution >= 4 is 52.2 Å². The molecule has 2 saturated heterocycles. The highest BCUT2D eigenvalue weighted by Crippen LogP contribution is 2.38. The molecule has 2 aliphatic rings. The molecule has 2 fully saturated rings. The van der Waals surface area contributed by atoms with Gasteiger partial charge in [0.15, 0.2) is 0 Å². The molecule has 2 amide bonds. The average Bonchev–Trinajstić information content (AvgIpc) is 3.46. The van der Waals surface area contributed by atoms with Gasteiger partial charge in [0.05, 0.1) is 33.8 Å². The summed E-state index contributed by atoms with van der Waals surface area (Å²) in [7, 11) is 1.93. The van der Waals surface area contributed by atoms with E-state index in [9.17, 15) is 40.7 Å². The number of amides is 2. The number of rotatable bonds is 9. The minimum Gasteiger partial charge on any atom is -0.461 e. The third kappa shape index (κ3) is 8.79. The Morgan fingerprint density at radius 2 is 1.80 bits per heavy atom. The molecule has 2 aromatic rings. The highest BCUT2D eigenvalue weighted by atomic mass is 32.2. The lowest BCUT2D eigenvalue weighted by Gasteiger charge is -2.14. The SMILES string of the molecule is CN1CCC(OC(=O)CCNC(=O)CCN2C(=O)/C(=C/c3cccc(-c4cc(C(F)(F)F)cc(C(F)(F)F)c4)n3)SC2=S)C1. The zero-order valence-electron chi connectivity index (χ0n) is 23.1. The number of thioether (sulfide) groups is 1. The Morgan fingerprint density at radius 1 is 1.11 bits per heavy atom. The van der Waals surface area contributed by atoms with Crippen LogP contribution in [0.25, 0.3) is 17.3 Å². The number of alkyl halides is 6. The Morgan fingerprint density at radius 3 is 2.41 bits per heavy atom. The largest absolute Gasteiger partial charge is 0.461 e. The van der Waals surface area contributed by atoms with Crippen LogP contribution in [0, 0.1) is 0 Å². The number of hydrogen-bond acceptors (Lipinski definition) is 8. The first kappa shape index (κ1) is 33.4. The Balaban J connectivity index is 1.36. The summed E-state index contributed by atoms with van der Waals surface area (Å²) in [6.45, 7) is 1.52. The lowest BCUT2D eigenvalue weighted by atomic mass is 10.0. The summed E-state index contributed by atoms with van der Waals surface area (Å²) >= 11 is 6.17. The maximum Gasteiger partial charge on any atom is 0.416 e. The van der Waals surface area contributed by atoms with Gasteiger partial charge in [-0.2, -0.15) is 26.3 Å². The number of pyridine rings is 1. The number of thiocarbonyl (C=S) groups is 1. The van der Waals surface area contributed by atoms with Crippen molar-refractivity contribution in [1.82, 2.24) is 20.1 Å². The summed E-state index contributed by atoms with van der Waals surface area (Å²) in [5, 5.41) is 2.60. The van der Waals surface area contributed by atoms with Crippen molar-refractivity contribution < 1.29 is 45.5 Å². The summed E-state index contributed by atoms with van der Waals surface area (Å²) in [6.07, 6.45) is -8.23. The first-order valence-corrected chi connectivity index (χ1v) is 14.5. The quantitative estimate of drug-likeness (QED) is 0.171. The standard InChI is InChI=1S/C28H26F6N4O4S2/c1-37-9-6-20(15-37)42-24(40)5-8-35-23(39)7-10-38-25(41)22(44-26(38)43)14-19-3-2-4-21(36-19)16-11-17(27(29,30)31)13-18(12-16)28(32,33)34/h2-4,11-14,20H,5-10,15H2,1H3,(H,35,39)/b22-14-. The molecule has 1 N–H and O–H groups in total. The fourth-order valence-corrected chi connectivity index (χ4v) is 5.76. The molecule has 236 valence electrons. The Kier molecular flexibility index (Phi) is 10.4. The number of ether oxygens (including phenoxy) is 1. The number of nitrogens with zero attached hydrogens (tertiary/aromatic N) is 3. The van der Waals surface area contributed by atoms with Crippen LogP contribution in [0.4, 0.5) is 26.3 Å². The van der Waals surface area contributed by atoms with E-state index in [2.05, 4.69) is 10.3 Å². The molecular formula is C28H26F6N4O4S2. The van der Waals surface area contributed by atoms with Gasteiger partial charge in [0, 0.05) is 38.2 Å². The number of carbonyl (C=O) groups is 3. The van der Waals surface area contributed by atoms with Gasteiger partial charge in [0.2, 0.25) is 5.91 Å². The van der Waals surface area contributed by atoms with E-state index in [1.165, 1.54) is 29.2 Å². The molecule has 8 nitrogen and oxygen atoms in total. The van der Waals surface area contributed by atoms with E-state index in [0.29, 0.717) is 18.7 Å². The first-order valence-electron chi connectivity index (χ1n) is 13.3. The molecule has 0 radical (unpaired) electrons. The van der Waals surface area contributed by atoms with Crippen molar-refractivity contribution in [3.05, 3.63) is 58.1 Å². The normalized spacial score (nSPS) is 18.8. The third-order valence-corrected chi connectivity index (χ3v) is 8.04. The molecule has 1 aromatic heterocycles. The second kappa shape index (κ2) is 13.6. The van der Waals surface area contributed by atoms with Gasteiger partial charge in [-0.1, -0.05) is 30.0 Å². The number of benzene rings is 1. The molecule has 4 rings (SSSR count). The van der Waals surface area contributed by atoms with Crippen molar-refractivity contribution in [3.8, 4) is 11.3 Å². The smallest absolute Gasteiger partial charge is 0.416 e. The van der Waals surface area contributed by atoms with Gasteiger partial charge in [-0.15, -0.1) is 0 Å². The van der Waals surface area contributed by atoms with Crippen molar-refractivity contribution in [2.24, 2.45) is 0 Å². The number of hydrogen-bond donors (Lipinski definition) is 1.